The van der Waals surface area contributed by atoms with E-state index in [2.05, 4.69) is 55.1 Å². The van der Waals surface area contributed by atoms with Gasteiger partial charge in [-0.05, 0) is 0 Å². The summed E-state index contributed by atoms with van der Waals surface area (Å²) >= 11 is -0.794. The average molecular weight is 544 g/mol. The predicted octanol–water partition coefficient (Wildman–Crippen LogP) is 3.64. The molecule has 2 aromatic rings. The molecule has 2 unspecified atom stereocenters. The Morgan fingerprint density at radius 3 is 2.08 bits per heavy atom. The molecule has 3 nitrogen and oxygen atoms in total. The summed E-state index contributed by atoms with van der Waals surface area (Å²) in [6.07, 6.45) is 3.16. The van der Waals surface area contributed by atoms with Gasteiger partial charge >= 0.3 is 168 Å². The summed E-state index contributed by atoms with van der Waals surface area (Å²) in [5.74, 6) is 0. The fourth-order valence-electron chi connectivity index (χ4n) is 4.04. The molecular weight excluding hydrogens is 519 g/mol. The van der Waals surface area contributed by atoms with Crippen molar-refractivity contribution in [2.24, 2.45) is 0 Å². The summed E-state index contributed by atoms with van der Waals surface area (Å²) in [5, 5.41) is 0. The molecule has 26 heavy (non-hydrogen) atoms. The zero-order valence-corrected chi connectivity index (χ0v) is 19.0. The second-order valence-electron chi connectivity index (χ2n) is 7.55. The molecule has 0 N–H and O–H groups in total. The van der Waals surface area contributed by atoms with E-state index in [0.29, 0.717) is 3.81 Å². The molecular formula is C22H25BiNO2. The molecule has 2 fully saturated rings. The minimum atomic E-state index is -0.794. The van der Waals surface area contributed by atoms with Crippen molar-refractivity contribution in [2.45, 2.75) is 40.2 Å². The quantitative estimate of drug-likeness (QED) is 0.411. The van der Waals surface area contributed by atoms with E-state index in [1.54, 1.807) is 0 Å². The summed E-state index contributed by atoms with van der Waals surface area (Å²) < 4.78 is 12.4. The third kappa shape index (κ3) is 3.21. The maximum atomic E-state index is 6.06. The van der Waals surface area contributed by atoms with E-state index in [4.69, 9.17) is 9.47 Å². The average Bonchev–Trinajstić information content (AvgIpc) is 3.60. The van der Waals surface area contributed by atoms with Crippen molar-refractivity contribution >= 4 is 34.6 Å². The first-order valence-electron chi connectivity index (χ1n) is 9.68. The van der Waals surface area contributed by atoms with Crippen molar-refractivity contribution in [3.05, 3.63) is 58.7 Å². The molecule has 6 aliphatic rings. The molecule has 6 heterocycles. The van der Waals surface area contributed by atoms with Crippen LogP contribution >= 0.6 is 0 Å². The van der Waals surface area contributed by atoms with Crippen molar-refractivity contribution in [2.75, 3.05) is 24.7 Å². The molecule has 4 bridgehead atoms. The number of anilines is 2. The van der Waals surface area contributed by atoms with Gasteiger partial charge in [0.25, 0.3) is 0 Å². The van der Waals surface area contributed by atoms with E-state index in [1.807, 2.05) is 0 Å². The Morgan fingerprint density at radius 1 is 1.04 bits per heavy atom. The third-order valence-electron chi connectivity index (χ3n) is 5.62. The van der Waals surface area contributed by atoms with Crippen LogP contribution in [0.4, 0.5) is 11.4 Å². The predicted molar refractivity (Wildman–Crippen MR) is 106 cm³/mol. The van der Waals surface area contributed by atoms with Gasteiger partial charge in [-0.2, -0.15) is 0 Å². The molecule has 0 spiro atoms. The SMILES string of the molecule is CCc1cc2ccc1N(C[C]1([Bi][CH]3CO3)CO1)c1ccc(cc1CC)C2. The van der Waals surface area contributed by atoms with Gasteiger partial charge in [-0.25, -0.2) is 0 Å². The van der Waals surface area contributed by atoms with Crippen LogP contribution in [0.3, 0.4) is 0 Å². The summed E-state index contributed by atoms with van der Waals surface area (Å²) in [6.45, 7) is 7.44. The number of aryl methyl sites for hydroxylation is 2. The van der Waals surface area contributed by atoms with Crippen LogP contribution in [0.5, 0.6) is 0 Å². The Hall–Kier alpha value is -0.957. The van der Waals surface area contributed by atoms with Crippen LogP contribution in [0.25, 0.3) is 0 Å². The number of hydrogen-bond acceptors (Lipinski definition) is 3. The molecule has 8 rings (SSSR count). The van der Waals surface area contributed by atoms with Gasteiger partial charge in [0.1, 0.15) is 0 Å². The van der Waals surface area contributed by atoms with Crippen molar-refractivity contribution in [1.29, 1.82) is 0 Å². The number of ether oxygens (including phenoxy) is 2. The topological polar surface area (TPSA) is 28.3 Å². The number of rotatable bonds is 6. The first-order chi connectivity index (χ1) is 12.7. The molecule has 0 aromatic heterocycles. The number of epoxide rings is 2. The van der Waals surface area contributed by atoms with Crippen LogP contribution in [0.1, 0.15) is 36.1 Å². The molecule has 0 amide bonds. The second kappa shape index (κ2) is 6.58. The van der Waals surface area contributed by atoms with E-state index < -0.39 is 23.2 Å². The van der Waals surface area contributed by atoms with Crippen molar-refractivity contribution < 1.29 is 9.47 Å². The number of hydrogen-bond donors (Lipinski definition) is 0. The summed E-state index contributed by atoms with van der Waals surface area (Å²) in [4.78, 5) is 2.56. The van der Waals surface area contributed by atoms with E-state index in [1.165, 1.54) is 33.6 Å². The summed E-state index contributed by atoms with van der Waals surface area (Å²) in [6, 6.07) is 14.1. The maximum absolute atomic E-state index is 6.06. The minimum absolute atomic E-state index is 0.138. The first kappa shape index (κ1) is 17.2. The van der Waals surface area contributed by atoms with Gasteiger partial charge in [0.2, 0.25) is 0 Å². The van der Waals surface area contributed by atoms with Crippen LogP contribution < -0.4 is 4.90 Å². The van der Waals surface area contributed by atoms with E-state index in [-0.39, 0.29) is 3.31 Å². The Bertz CT molecular complexity index is 789. The molecule has 135 valence electrons. The van der Waals surface area contributed by atoms with Gasteiger partial charge in [0.05, 0.1) is 0 Å². The van der Waals surface area contributed by atoms with Gasteiger partial charge in [-0.1, -0.05) is 0 Å². The van der Waals surface area contributed by atoms with Crippen molar-refractivity contribution in [3.63, 3.8) is 0 Å². The fraction of sp³-hybridized carbons (Fsp3) is 0.455. The van der Waals surface area contributed by atoms with Gasteiger partial charge in [-0.15, -0.1) is 0 Å². The molecule has 2 atom stereocenters. The second-order valence-corrected chi connectivity index (χ2v) is 14.0. The molecule has 6 aliphatic heterocycles. The van der Waals surface area contributed by atoms with Gasteiger partial charge in [0.15, 0.2) is 0 Å². The van der Waals surface area contributed by atoms with Crippen LogP contribution in [-0.2, 0) is 28.7 Å². The first-order valence-corrected chi connectivity index (χ1v) is 13.4. The molecule has 2 saturated heterocycles. The Balaban J connectivity index is 1.61. The summed E-state index contributed by atoms with van der Waals surface area (Å²) in [5.41, 5.74) is 8.49. The van der Waals surface area contributed by atoms with Crippen molar-refractivity contribution in [3.8, 4) is 0 Å². The van der Waals surface area contributed by atoms with E-state index in [0.717, 1.165) is 39.0 Å². The van der Waals surface area contributed by atoms with Crippen molar-refractivity contribution in [1.82, 2.24) is 0 Å². The monoisotopic (exact) mass is 544 g/mol. The van der Waals surface area contributed by atoms with Crippen LogP contribution in [-0.4, -0.2) is 50.1 Å². The number of benzene rings is 2. The zero-order valence-electron chi connectivity index (χ0n) is 15.5. The van der Waals surface area contributed by atoms with Gasteiger partial charge in [0, 0.05) is 0 Å². The van der Waals surface area contributed by atoms with E-state index in [9.17, 15) is 0 Å². The fourth-order valence-corrected chi connectivity index (χ4v) is 8.70. The molecule has 4 heteroatoms. The van der Waals surface area contributed by atoms with Gasteiger partial charge in [-0.3, -0.25) is 0 Å². The number of nitrogens with zero attached hydrogens (tertiary/aromatic N) is 1. The van der Waals surface area contributed by atoms with Crippen LogP contribution in [0.2, 0.25) is 0 Å². The van der Waals surface area contributed by atoms with Gasteiger partial charge < -0.3 is 0 Å². The molecule has 1 radical (unpaired) electrons. The Kier molecular flexibility index (Phi) is 4.34. The normalized spacial score (nSPS) is 25.6. The molecule has 0 aliphatic carbocycles. The third-order valence-corrected chi connectivity index (χ3v) is 11.3. The summed E-state index contributed by atoms with van der Waals surface area (Å²) in [7, 11) is 0. The van der Waals surface area contributed by atoms with E-state index >= 15 is 0 Å². The Labute approximate surface area is 167 Å². The standard InChI is InChI=1S/C20H22NO.C2H3O.Bi/c1-3-16-10-14-5-7-19(16)21(12-18-13-22-18)20-8-6-15(9-14)11-17(20)4-2;1-2-3-1;/h5-8,10-11H,3-4,9,12-13H2,1-2H3;1H,2H2;. The molecule has 2 aromatic carbocycles. The zero-order chi connectivity index (χ0) is 17.7. The molecule has 0 saturated carbocycles. The van der Waals surface area contributed by atoms with Crippen LogP contribution in [0, 0.1) is 0 Å². The van der Waals surface area contributed by atoms with Crippen LogP contribution in [0.15, 0.2) is 36.4 Å². The Morgan fingerprint density at radius 2 is 1.62 bits per heavy atom.